The van der Waals surface area contributed by atoms with Crippen LogP contribution in [-0.4, -0.2) is 14.5 Å². The molecule has 0 saturated heterocycles. The van der Waals surface area contributed by atoms with Gasteiger partial charge in [-0.15, -0.1) is 0 Å². The van der Waals surface area contributed by atoms with E-state index in [1.807, 2.05) is 6.08 Å². The molecule has 2 rings (SSSR count). The van der Waals surface area contributed by atoms with Crippen LogP contribution in [0.4, 0.5) is 0 Å². The van der Waals surface area contributed by atoms with Crippen LogP contribution in [0, 0.1) is 0 Å². The smallest absolute Gasteiger partial charge is 0.209 e. The molecule has 1 aromatic rings. The molecule has 0 bridgehead atoms. The van der Waals surface area contributed by atoms with E-state index < -0.39 is 0 Å². The van der Waals surface area contributed by atoms with Crippen molar-refractivity contribution in [3.05, 3.63) is 23.5 Å². The second kappa shape index (κ2) is 3.79. The number of allylic oxidation sites excluding steroid dienone is 2. The molecule has 0 aliphatic heterocycles. The first kappa shape index (κ1) is 8.56. The van der Waals surface area contributed by atoms with Gasteiger partial charge in [0.15, 0.2) is 0 Å². The second-order valence-electron chi connectivity index (χ2n) is 3.10. The van der Waals surface area contributed by atoms with E-state index in [0.29, 0.717) is 5.69 Å². The Morgan fingerprint density at radius 3 is 3.00 bits per heavy atom. The molecule has 0 spiro atoms. The molecular weight excluding hydrogens is 184 g/mol. The predicted octanol–water partition coefficient (Wildman–Crippen LogP) is 2.22. The summed E-state index contributed by atoms with van der Waals surface area (Å²) >= 11 is 1.08. The summed E-state index contributed by atoms with van der Waals surface area (Å²) in [6.45, 7) is 0. The molecule has 4 heteroatoms. The lowest BCUT2D eigenvalue weighted by molar-refractivity contribution is 0.102. The first-order valence-corrected chi connectivity index (χ1v) is 5.12. The van der Waals surface area contributed by atoms with Gasteiger partial charge >= 0.3 is 0 Å². The molecule has 0 radical (unpaired) electrons. The van der Waals surface area contributed by atoms with Crippen molar-refractivity contribution in [1.82, 2.24) is 8.75 Å². The highest BCUT2D eigenvalue weighted by atomic mass is 32.1. The third-order valence-corrected chi connectivity index (χ3v) is 2.65. The van der Waals surface area contributed by atoms with Gasteiger partial charge < -0.3 is 0 Å². The topological polar surface area (TPSA) is 42.9 Å². The lowest BCUT2D eigenvalue weighted by Gasteiger charge is -2.09. The average Bonchev–Trinajstić information content (AvgIpc) is 2.71. The summed E-state index contributed by atoms with van der Waals surface area (Å²) < 4.78 is 7.75. The standard InChI is InChI=1S/C9H10N2OS/c12-9(8-6-10-13-11-8)7-4-2-1-3-5-7/h4,6H,1-3,5H2. The first-order chi connectivity index (χ1) is 6.38. The highest BCUT2D eigenvalue weighted by Crippen LogP contribution is 2.20. The van der Waals surface area contributed by atoms with Crippen LogP contribution >= 0.6 is 11.7 Å². The fourth-order valence-corrected chi connectivity index (χ4v) is 1.89. The molecule has 0 aromatic carbocycles. The molecule has 68 valence electrons. The van der Waals surface area contributed by atoms with Gasteiger partial charge in [-0.05, 0) is 31.3 Å². The van der Waals surface area contributed by atoms with E-state index in [4.69, 9.17) is 0 Å². The summed E-state index contributed by atoms with van der Waals surface area (Å²) in [6.07, 6.45) is 7.82. The predicted molar refractivity (Wildman–Crippen MR) is 50.8 cm³/mol. The summed E-state index contributed by atoms with van der Waals surface area (Å²) in [7, 11) is 0. The van der Waals surface area contributed by atoms with Crippen LogP contribution < -0.4 is 0 Å². The third-order valence-electron chi connectivity index (χ3n) is 2.18. The van der Waals surface area contributed by atoms with E-state index in [-0.39, 0.29) is 5.78 Å². The maximum atomic E-state index is 11.7. The summed E-state index contributed by atoms with van der Waals surface area (Å²) in [5.74, 6) is 0.0634. The molecule has 1 heterocycles. The molecule has 0 saturated carbocycles. The maximum Gasteiger partial charge on any atom is 0.209 e. The van der Waals surface area contributed by atoms with E-state index >= 15 is 0 Å². The molecule has 0 unspecified atom stereocenters. The fourth-order valence-electron chi connectivity index (χ4n) is 1.47. The molecule has 3 nitrogen and oxygen atoms in total. The molecule has 0 amide bonds. The van der Waals surface area contributed by atoms with Crippen LogP contribution in [0.1, 0.15) is 36.2 Å². The highest BCUT2D eigenvalue weighted by Gasteiger charge is 2.16. The molecular formula is C9H10N2OS. The van der Waals surface area contributed by atoms with Crippen molar-refractivity contribution in [3.8, 4) is 0 Å². The number of carbonyl (C=O) groups excluding carboxylic acids is 1. The van der Waals surface area contributed by atoms with Crippen LogP contribution in [0.2, 0.25) is 0 Å². The molecule has 0 fully saturated rings. The Hall–Kier alpha value is -1.03. The van der Waals surface area contributed by atoms with E-state index in [9.17, 15) is 4.79 Å². The molecule has 1 aliphatic carbocycles. The minimum Gasteiger partial charge on any atom is -0.287 e. The maximum absolute atomic E-state index is 11.7. The van der Waals surface area contributed by atoms with Crippen LogP contribution in [0.5, 0.6) is 0 Å². The van der Waals surface area contributed by atoms with Gasteiger partial charge in [-0.1, -0.05) is 6.08 Å². The molecule has 0 atom stereocenters. The van der Waals surface area contributed by atoms with Gasteiger partial charge in [0, 0.05) is 0 Å². The molecule has 1 aliphatic rings. The quantitative estimate of drug-likeness (QED) is 0.678. The van der Waals surface area contributed by atoms with Crippen molar-refractivity contribution >= 4 is 17.5 Å². The summed E-state index contributed by atoms with van der Waals surface area (Å²) in [5, 5.41) is 0. The molecule has 1 aromatic heterocycles. The highest BCUT2D eigenvalue weighted by molar-refractivity contribution is 6.99. The Kier molecular flexibility index (Phi) is 2.49. The minimum absolute atomic E-state index is 0.0634. The zero-order valence-corrected chi connectivity index (χ0v) is 8.01. The van der Waals surface area contributed by atoms with Gasteiger partial charge in [-0.25, -0.2) is 0 Å². The number of Topliss-reactive ketones (excluding diaryl/α,β-unsaturated/α-hetero) is 1. The minimum atomic E-state index is 0.0634. The number of rotatable bonds is 2. The van der Waals surface area contributed by atoms with E-state index in [1.54, 1.807) is 6.20 Å². The summed E-state index contributed by atoms with van der Waals surface area (Å²) in [4.78, 5) is 11.7. The van der Waals surface area contributed by atoms with Crippen molar-refractivity contribution in [3.63, 3.8) is 0 Å². The van der Waals surface area contributed by atoms with Gasteiger partial charge in [0.25, 0.3) is 0 Å². The Bertz CT molecular complexity index is 329. The Labute approximate surface area is 80.8 Å². The Morgan fingerprint density at radius 1 is 1.46 bits per heavy atom. The summed E-state index contributed by atoms with van der Waals surface area (Å²) in [5.41, 5.74) is 1.41. The number of ketones is 1. The van der Waals surface area contributed by atoms with Crippen LogP contribution in [0.15, 0.2) is 17.8 Å². The number of aromatic nitrogens is 2. The zero-order chi connectivity index (χ0) is 9.10. The van der Waals surface area contributed by atoms with Crippen molar-refractivity contribution in [2.24, 2.45) is 0 Å². The zero-order valence-electron chi connectivity index (χ0n) is 7.19. The van der Waals surface area contributed by atoms with Crippen LogP contribution in [0.3, 0.4) is 0 Å². The van der Waals surface area contributed by atoms with E-state index in [2.05, 4.69) is 8.75 Å². The lowest BCUT2D eigenvalue weighted by atomic mass is 9.95. The van der Waals surface area contributed by atoms with Crippen LogP contribution in [0.25, 0.3) is 0 Å². The van der Waals surface area contributed by atoms with Gasteiger partial charge in [0.1, 0.15) is 5.69 Å². The SMILES string of the molecule is O=C(C1=CCCCC1)c1cnsn1. The first-order valence-electron chi connectivity index (χ1n) is 4.39. The van der Waals surface area contributed by atoms with Crippen molar-refractivity contribution in [2.45, 2.75) is 25.7 Å². The largest absolute Gasteiger partial charge is 0.287 e. The van der Waals surface area contributed by atoms with Crippen molar-refractivity contribution in [2.75, 3.05) is 0 Å². The lowest BCUT2D eigenvalue weighted by Crippen LogP contribution is -2.06. The van der Waals surface area contributed by atoms with E-state index in [1.165, 1.54) is 6.42 Å². The van der Waals surface area contributed by atoms with E-state index in [0.717, 1.165) is 36.6 Å². The van der Waals surface area contributed by atoms with Crippen molar-refractivity contribution < 1.29 is 4.79 Å². The van der Waals surface area contributed by atoms with Crippen molar-refractivity contribution in [1.29, 1.82) is 0 Å². The third kappa shape index (κ3) is 1.83. The van der Waals surface area contributed by atoms with Gasteiger partial charge in [-0.2, -0.15) is 8.75 Å². The van der Waals surface area contributed by atoms with Gasteiger partial charge in [-0.3, -0.25) is 4.79 Å². The molecule has 13 heavy (non-hydrogen) atoms. The average molecular weight is 194 g/mol. The molecule has 0 N–H and O–H groups in total. The summed E-state index contributed by atoms with van der Waals surface area (Å²) in [6, 6.07) is 0. The fraction of sp³-hybridized carbons (Fsp3) is 0.444. The number of carbonyl (C=O) groups is 1. The Morgan fingerprint density at radius 2 is 2.38 bits per heavy atom. The normalized spacial score (nSPS) is 16.8. The number of hydrogen-bond acceptors (Lipinski definition) is 4. The van der Waals surface area contributed by atoms with Crippen LogP contribution in [-0.2, 0) is 0 Å². The van der Waals surface area contributed by atoms with Gasteiger partial charge in [0.2, 0.25) is 5.78 Å². The number of hydrogen-bond donors (Lipinski definition) is 0. The second-order valence-corrected chi connectivity index (χ2v) is 3.65. The number of nitrogens with zero attached hydrogens (tertiary/aromatic N) is 2. The Balaban J connectivity index is 2.17. The monoisotopic (exact) mass is 194 g/mol. The van der Waals surface area contributed by atoms with Gasteiger partial charge in [0.05, 0.1) is 17.9 Å².